The van der Waals surface area contributed by atoms with Crippen molar-refractivity contribution < 1.29 is 23.2 Å². The Hall–Kier alpha value is -2.05. The molecule has 0 radical (unpaired) electrons. The van der Waals surface area contributed by atoms with Crippen LogP contribution in [0.1, 0.15) is 23.7 Å². The third-order valence-electron chi connectivity index (χ3n) is 3.38. The summed E-state index contributed by atoms with van der Waals surface area (Å²) in [5.74, 6) is -5.35. The van der Waals surface area contributed by atoms with Gasteiger partial charge in [-0.05, 0) is 12.1 Å². The number of halogens is 3. The SMILES string of the molecule is CC1CN(C(=O)c2ccc(F)c(F)c2F)CC/C1=N\O. The molecule has 2 rings (SSSR count). The first-order valence-electron chi connectivity index (χ1n) is 6.09. The number of rotatable bonds is 1. The van der Waals surface area contributed by atoms with Gasteiger partial charge in [0.15, 0.2) is 17.5 Å². The van der Waals surface area contributed by atoms with Crippen LogP contribution in [-0.2, 0) is 0 Å². The summed E-state index contributed by atoms with van der Waals surface area (Å²) in [6.07, 6.45) is 0.356. The van der Waals surface area contributed by atoms with Crippen molar-refractivity contribution in [1.29, 1.82) is 0 Å². The van der Waals surface area contributed by atoms with Crippen LogP contribution in [0.15, 0.2) is 17.3 Å². The highest BCUT2D eigenvalue weighted by molar-refractivity contribution is 5.96. The van der Waals surface area contributed by atoms with Crippen molar-refractivity contribution in [1.82, 2.24) is 4.90 Å². The Morgan fingerprint density at radius 3 is 2.65 bits per heavy atom. The van der Waals surface area contributed by atoms with Gasteiger partial charge in [-0.25, -0.2) is 13.2 Å². The molecular formula is C13H13F3N2O2. The van der Waals surface area contributed by atoms with Crippen molar-refractivity contribution >= 4 is 11.6 Å². The van der Waals surface area contributed by atoms with Crippen molar-refractivity contribution in [2.45, 2.75) is 13.3 Å². The molecule has 1 unspecified atom stereocenters. The number of oxime groups is 1. The average Bonchev–Trinajstić information content (AvgIpc) is 2.44. The molecule has 20 heavy (non-hydrogen) atoms. The van der Waals surface area contributed by atoms with Gasteiger partial charge in [-0.1, -0.05) is 12.1 Å². The van der Waals surface area contributed by atoms with Crippen LogP contribution in [0.4, 0.5) is 13.2 Å². The maximum atomic E-state index is 13.6. The third-order valence-corrected chi connectivity index (χ3v) is 3.38. The Morgan fingerprint density at radius 2 is 2.05 bits per heavy atom. The fourth-order valence-corrected chi connectivity index (χ4v) is 2.22. The molecule has 4 nitrogen and oxygen atoms in total. The second-order valence-corrected chi connectivity index (χ2v) is 4.72. The summed E-state index contributed by atoms with van der Waals surface area (Å²) in [6, 6.07) is 1.65. The molecule has 7 heteroatoms. The summed E-state index contributed by atoms with van der Waals surface area (Å²) >= 11 is 0. The van der Waals surface area contributed by atoms with Crippen LogP contribution in [0.5, 0.6) is 0 Å². The Balaban J connectivity index is 2.23. The number of carbonyl (C=O) groups is 1. The van der Waals surface area contributed by atoms with E-state index in [9.17, 15) is 18.0 Å². The lowest BCUT2D eigenvalue weighted by molar-refractivity contribution is 0.0728. The van der Waals surface area contributed by atoms with Crippen LogP contribution in [0.2, 0.25) is 0 Å². The van der Waals surface area contributed by atoms with Gasteiger partial charge in [0.25, 0.3) is 5.91 Å². The molecule has 1 aliphatic rings. The van der Waals surface area contributed by atoms with Crippen molar-refractivity contribution in [3.8, 4) is 0 Å². The maximum absolute atomic E-state index is 13.6. The predicted octanol–water partition coefficient (Wildman–Crippen LogP) is 2.42. The highest BCUT2D eigenvalue weighted by atomic mass is 19.2. The van der Waals surface area contributed by atoms with Gasteiger partial charge in [-0.15, -0.1) is 0 Å². The molecule has 0 bridgehead atoms. The molecule has 1 aromatic rings. The Bertz CT molecular complexity index is 575. The molecule has 1 atom stereocenters. The van der Waals surface area contributed by atoms with E-state index in [2.05, 4.69) is 5.16 Å². The lowest BCUT2D eigenvalue weighted by Crippen LogP contribution is -2.43. The van der Waals surface area contributed by atoms with Crippen LogP contribution in [0, 0.1) is 23.4 Å². The number of benzene rings is 1. The third kappa shape index (κ3) is 2.48. The first-order valence-corrected chi connectivity index (χ1v) is 6.09. The van der Waals surface area contributed by atoms with Crippen molar-refractivity contribution in [3.05, 3.63) is 35.1 Å². The summed E-state index contributed by atoms with van der Waals surface area (Å²) in [6.45, 7) is 2.23. The van der Waals surface area contributed by atoms with Gasteiger partial charge in [0.05, 0.1) is 11.3 Å². The minimum absolute atomic E-state index is 0.175. The predicted molar refractivity (Wildman–Crippen MR) is 65.2 cm³/mol. The van der Waals surface area contributed by atoms with E-state index >= 15 is 0 Å². The molecule has 1 saturated heterocycles. The van der Waals surface area contributed by atoms with E-state index in [1.54, 1.807) is 6.92 Å². The molecule has 1 heterocycles. The van der Waals surface area contributed by atoms with E-state index < -0.39 is 28.9 Å². The fourth-order valence-electron chi connectivity index (χ4n) is 2.22. The quantitative estimate of drug-likeness (QED) is 0.489. The summed E-state index contributed by atoms with van der Waals surface area (Å²) in [5, 5.41) is 11.9. The minimum Gasteiger partial charge on any atom is -0.411 e. The first kappa shape index (κ1) is 14.4. The van der Waals surface area contributed by atoms with Gasteiger partial charge in [0.2, 0.25) is 0 Å². The van der Waals surface area contributed by atoms with Gasteiger partial charge >= 0.3 is 0 Å². The lowest BCUT2D eigenvalue weighted by atomic mass is 9.97. The molecule has 1 N–H and O–H groups in total. The van der Waals surface area contributed by atoms with Crippen molar-refractivity contribution in [3.63, 3.8) is 0 Å². The van der Waals surface area contributed by atoms with Crippen LogP contribution in [-0.4, -0.2) is 34.8 Å². The van der Waals surface area contributed by atoms with Crippen LogP contribution >= 0.6 is 0 Å². The van der Waals surface area contributed by atoms with E-state index in [0.717, 1.165) is 12.1 Å². The van der Waals surface area contributed by atoms with Crippen LogP contribution in [0.3, 0.4) is 0 Å². The molecule has 1 aromatic carbocycles. The van der Waals surface area contributed by atoms with E-state index in [1.807, 2.05) is 0 Å². The van der Waals surface area contributed by atoms with Crippen molar-refractivity contribution in [2.24, 2.45) is 11.1 Å². The monoisotopic (exact) mass is 286 g/mol. The van der Waals surface area contributed by atoms with Gasteiger partial charge < -0.3 is 10.1 Å². The van der Waals surface area contributed by atoms with Gasteiger partial charge in [0, 0.05) is 25.4 Å². The standard InChI is InChI=1S/C13H13F3N2O2/c1-7-6-18(5-4-10(7)17-20)13(19)8-2-3-9(14)12(16)11(8)15/h2-3,7,20H,4-6H2,1H3/b17-10+. The molecule has 0 saturated carbocycles. The smallest absolute Gasteiger partial charge is 0.256 e. The molecule has 108 valence electrons. The zero-order valence-electron chi connectivity index (χ0n) is 10.7. The molecule has 1 fully saturated rings. The van der Waals surface area contributed by atoms with Gasteiger partial charge in [0.1, 0.15) is 0 Å². The van der Waals surface area contributed by atoms with E-state index in [0.29, 0.717) is 12.1 Å². The number of nitrogens with zero attached hydrogens (tertiary/aromatic N) is 2. The summed E-state index contributed by atoms with van der Waals surface area (Å²) in [5.41, 5.74) is 0.0558. The second-order valence-electron chi connectivity index (χ2n) is 4.72. The molecule has 1 aliphatic heterocycles. The van der Waals surface area contributed by atoms with Gasteiger partial charge in [-0.3, -0.25) is 4.79 Å². The summed E-state index contributed by atoms with van der Waals surface area (Å²) in [4.78, 5) is 13.4. The zero-order valence-corrected chi connectivity index (χ0v) is 10.7. The van der Waals surface area contributed by atoms with Crippen LogP contribution in [0.25, 0.3) is 0 Å². The first-order chi connectivity index (χ1) is 9.45. The summed E-state index contributed by atoms with van der Waals surface area (Å²) < 4.78 is 39.6. The lowest BCUT2D eigenvalue weighted by Gasteiger charge is -2.31. The molecule has 0 aromatic heterocycles. The highest BCUT2D eigenvalue weighted by Crippen LogP contribution is 2.20. The highest BCUT2D eigenvalue weighted by Gasteiger charge is 2.29. The number of likely N-dealkylation sites (tertiary alicyclic amines) is 1. The minimum atomic E-state index is -1.65. The summed E-state index contributed by atoms with van der Waals surface area (Å²) in [7, 11) is 0. The Morgan fingerprint density at radius 1 is 1.35 bits per heavy atom. The van der Waals surface area contributed by atoms with E-state index in [1.165, 1.54) is 4.90 Å². The number of carbonyl (C=O) groups excluding carboxylic acids is 1. The average molecular weight is 286 g/mol. The fraction of sp³-hybridized carbons (Fsp3) is 0.385. The van der Waals surface area contributed by atoms with E-state index in [4.69, 9.17) is 5.21 Å². The zero-order chi connectivity index (χ0) is 14.9. The molecule has 0 aliphatic carbocycles. The van der Waals surface area contributed by atoms with Crippen molar-refractivity contribution in [2.75, 3.05) is 13.1 Å². The number of piperidine rings is 1. The van der Waals surface area contributed by atoms with E-state index in [-0.39, 0.29) is 19.0 Å². The number of amides is 1. The molecular weight excluding hydrogens is 273 g/mol. The largest absolute Gasteiger partial charge is 0.411 e. The number of hydrogen-bond donors (Lipinski definition) is 1. The maximum Gasteiger partial charge on any atom is 0.256 e. The second kappa shape index (κ2) is 5.52. The molecule has 0 spiro atoms. The topological polar surface area (TPSA) is 52.9 Å². The Kier molecular flexibility index (Phi) is 3.96. The Labute approximate surface area is 113 Å². The molecule has 1 amide bonds. The number of hydrogen-bond acceptors (Lipinski definition) is 3. The van der Waals surface area contributed by atoms with Gasteiger partial charge in [-0.2, -0.15) is 0 Å². The van der Waals surface area contributed by atoms with Crippen LogP contribution < -0.4 is 0 Å². The normalized spacial score (nSPS) is 21.3.